The standard InChI is InChI=1S/C11H15NO.C10H12/c1-3-4-11(13)12-10-7-5-9(2)6-8-10;1-3-6-10-8-5-4-7-9(10)2/h5-8H,3-4H2,1-2H3,(H,12,13);3-8H,1-2H3/b;6-3-. The first-order valence-electron chi connectivity index (χ1n) is 8.11. The van der Waals surface area contributed by atoms with E-state index in [9.17, 15) is 4.79 Å². The van der Waals surface area contributed by atoms with Crippen molar-refractivity contribution in [3.05, 3.63) is 71.3 Å². The molecule has 0 aliphatic carbocycles. The molecular formula is C21H27NO. The minimum atomic E-state index is 0.0892. The van der Waals surface area contributed by atoms with Crippen LogP contribution in [-0.2, 0) is 4.79 Å². The van der Waals surface area contributed by atoms with Crippen LogP contribution in [0.2, 0.25) is 0 Å². The van der Waals surface area contributed by atoms with Gasteiger partial charge in [-0.2, -0.15) is 0 Å². The Labute approximate surface area is 140 Å². The summed E-state index contributed by atoms with van der Waals surface area (Å²) in [4.78, 5) is 11.2. The van der Waals surface area contributed by atoms with Crippen LogP contribution in [0.15, 0.2) is 54.6 Å². The Balaban J connectivity index is 0.000000238. The Kier molecular flexibility index (Phi) is 8.45. The zero-order chi connectivity index (χ0) is 17.1. The Bertz CT molecular complexity index is 627. The van der Waals surface area contributed by atoms with Gasteiger partial charge in [0, 0.05) is 12.1 Å². The fraction of sp³-hybridized carbons (Fsp3) is 0.286. The van der Waals surface area contributed by atoms with Crippen LogP contribution in [0.4, 0.5) is 5.69 Å². The van der Waals surface area contributed by atoms with Crippen molar-refractivity contribution in [2.45, 2.75) is 40.5 Å². The van der Waals surface area contributed by atoms with Crippen LogP contribution in [0.5, 0.6) is 0 Å². The summed E-state index contributed by atoms with van der Waals surface area (Å²) in [7, 11) is 0. The Morgan fingerprint density at radius 1 is 1.04 bits per heavy atom. The van der Waals surface area contributed by atoms with E-state index in [0.717, 1.165) is 12.1 Å². The second kappa shape index (κ2) is 10.4. The third-order valence-corrected chi connectivity index (χ3v) is 3.35. The third kappa shape index (κ3) is 7.46. The van der Waals surface area contributed by atoms with Crippen LogP contribution in [0, 0.1) is 13.8 Å². The number of hydrogen-bond acceptors (Lipinski definition) is 1. The average molecular weight is 309 g/mol. The lowest BCUT2D eigenvalue weighted by Crippen LogP contribution is -2.10. The highest BCUT2D eigenvalue weighted by molar-refractivity contribution is 5.90. The lowest BCUT2D eigenvalue weighted by Gasteiger charge is -2.03. The van der Waals surface area contributed by atoms with Gasteiger partial charge in [0.1, 0.15) is 0 Å². The number of rotatable bonds is 4. The van der Waals surface area contributed by atoms with Crippen molar-refractivity contribution < 1.29 is 4.79 Å². The van der Waals surface area contributed by atoms with Crippen molar-refractivity contribution in [1.82, 2.24) is 0 Å². The van der Waals surface area contributed by atoms with Crippen LogP contribution < -0.4 is 5.32 Å². The summed E-state index contributed by atoms with van der Waals surface area (Å²) in [6.45, 7) is 8.17. The fourth-order valence-corrected chi connectivity index (χ4v) is 2.04. The smallest absolute Gasteiger partial charge is 0.224 e. The lowest BCUT2D eigenvalue weighted by atomic mass is 10.1. The molecule has 0 radical (unpaired) electrons. The molecule has 1 N–H and O–H groups in total. The summed E-state index contributed by atoms with van der Waals surface area (Å²) in [5.74, 6) is 0.0892. The molecule has 0 fully saturated rings. The molecule has 0 saturated carbocycles. The van der Waals surface area contributed by atoms with Crippen molar-refractivity contribution in [3.63, 3.8) is 0 Å². The van der Waals surface area contributed by atoms with Crippen molar-refractivity contribution in [3.8, 4) is 0 Å². The first-order valence-corrected chi connectivity index (χ1v) is 8.11. The number of aryl methyl sites for hydroxylation is 2. The van der Waals surface area contributed by atoms with E-state index in [4.69, 9.17) is 0 Å². The molecule has 2 aromatic rings. The maximum Gasteiger partial charge on any atom is 0.224 e. The number of carbonyl (C=O) groups excluding carboxylic acids is 1. The van der Waals surface area contributed by atoms with E-state index in [1.165, 1.54) is 16.7 Å². The van der Waals surface area contributed by atoms with Crippen LogP contribution in [0.1, 0.15) is 43.4 Å². The van der Waals surface area contributed by atoms with Crippen LogP contribution >= 0.6 is 0 Å². The number of benzene rings is 2. The topological polar surface area (TPSA) is 29.1 Å². The van der Waals surface area contributed by atoms with E-state index in [2.05, 4.69) is 48.7 Å². The molecule has 0 aliphatic heterocycles. The summed E-state index contributed by atoms with van der Waals surface area (Å²) in [6, 6.07) is 16.2. The fourth-order valence-electron chi connectivity index (χ4n) is 2.04. The van der Waals surface area contributed by atoms with Gasteiger partial charge in [-0.1, -0.05) is 61.0 Å². The van der Waals surface area contributed by atoms with Gasteiger partial charge in [0.15, 0.2) is 0 Å². The molecule has 0 heterocycles. The van der Waals surface area contributed by atoms with Crippen LogP contribution in [0.3, 0.4) is 0 Å². The highest BCUT2D eigenvalue weighted by atomic mass is 16.1. The van der Waals surface area contributed by atoms with Gasteiger partial charge in [0.25, 0.3) is 0 Å². The lowest BCUT2D eigenvalue weighted by molar-refractivity contribution is -0.116. The Hall–Kier alpha value is -2.35. The summed E-state index contributed by atoms with van der Waals surface area (Å²) in [6.07, 6.45) is 5.66. The van der Waals surface area contributed by atoms with Gasteiger partial charge in [-0.3, -0.25) is 4.79 Å². The van der Waals surface area contributed by atoms with Crippen molar-refractivity contribution >= 4 is 17.7 Å². The molecule has 2 aromatic carbocycles. The van der Waals surface area contributed by atoms with Gasteiger partial charge in [-0.25, -0.2) is 0 Å². The maximum atomic E-state index is 11.2. The van der Waals surface area contributed by atoms with Gasteiger partial charge in [-0.05, 0) is 50.5 Å². The summed E-state index contributed by atoms with van der Waals surface area (Å²) < 4.78 is 0. The molecule has 0 atom stereocenters. The van der Waals surface area contributed by atoms with Crippen molar-refractivity contribution in [2.75, 3.05) is 5.32 Å². The molecule has 0 spiro atoms. The van der Waals surface area contributed by atoms with E-state index in [-0.39, 0.29) is 5.91 Å². The Morgan fingerprint density at radius 2 is 1.70 bits per heavy atom. The summed E-state index contributed by atoms with van der Waals surface area (Å²) in [5.41, 5.74) is 4.73. The van der Waals surface area contributed by atoms with Gasteiger partial charge >= 0.3 is 0 Å². The molecule has 2 nitrogen and oxygen atoms in total. The second-order valence-corrected chi connectivity index (χ2v) is 5.52. The van der Waals surface area contributed by atoms with E-state index in [1.54, 1.807) is 0 Å². The number of nitrogens with one attached hydrogen (secondary N) is 1. The van der Waals surface area contributed by atoms with Crippen molar-refractivity contribution in [2.24, 2.45) is 0 Å². The molecular weight excluding hydrogens is 282 g/mol. The minimum absolute atomic E-state index is 0.0892. The summed E-state index contributed by atoms with van der Waals surface area (Å²) in [5, 5.41) is 2.83. The molecule has 23 heavy (non-hydrogen) atoms. The SMILES string of the molecule is C/C=C\c1ccccc1C.CCCC(=O)Nc1ccc(C)cc1. The van der Waals surface area contributed by atoms with E-state index in [1.807, 2.05) is 45.0 Å². The molecule has 2 heteroatoms. The predicted molar refractivity (Wildman–Crippen MR) is 101 cm³/mol. The zero-order valence-corrected chi connectivity index (χ0v) is 14.6. The third-order valence-electron chi connectivity index (χ3n) is 3.35. The minimum Gasteiger partial charge on any atom is -0.326 e. The zero-order valence-electron chi connectivity index (χ0n) is 14.6. The molecule has 0 saturated heterocycles. The number of allylic oxidation sites excluding steroid dienone is 1. The number of anilines is 1. The monoisotopic (exact) mass is 309 g/mol. The average Bonchev–Trinajstić information content (AvgIpc) is 2.53. The molecule has 0 unspecified atom stereocenters. The maximum absolute atomic E-state index is 11.2. The van der Waals surface area contributed by atoms with Gasteiger partial charge < -0.3 is 5.32 Å². The van der Waals surface area contributed by atoms with Gasteiger partial charge in [-0.15, -0.1) is 0 Å². The predicted octanol–water partition coefficient (Wildman–Crippen LogP) is 5.76. The van der Waals surface area contributed by atoms with Crippen molar-refractivity contribution in [1.29, 1.82) is 0 Å². The van der Waals surface area contributed by atoms with E-state index >= 15 is 0 Å². The molecule has 1 amide bonds. The number of carbonyl (C=O) groups is 1. The second-order valence-electron chi connectivity index (χ2n) is 5.52. The number of hydrogen-bond donors (Lipinski definition) is 1. The summed E-state index contributed by atoms with van der Waals surface area (Å²) >= 11 is 0. The largest absolute Gasteiger partial charge is 0.326 e. The van der Waals surface area contributed by atoms with Crippen LogP contribution in [0.25, 0.3) is 6.08 Å². The Morgan fingerprint density at radius 3 is 2.26 bits per heavy atom. The van der Waals surface area contributed by atoms with Gasteiger partial charge in [0.2, 0.25) is 5.91 Å². The highest BCUT2D eigenvalue weighted by Crippen LogP contribution is 2.09. The first-order chi connectivity index (χ1) is 11.1. The quantitative estimate of drug-likeness (QED) is 0.764. The first kappa shape index (κ1) is 18.7. The normalized spacial score (nSPS) is 10.1. The molecule has 0 bridgehead atoms. The van der Waals surface area contributed by atoms with E-state index in [0.29, 0.717) is 6.42 Å². The molecule has 0 aliphatic rings. The molecule has 122 valence electrons. The molecule has 0 aromatic heterocycles. The van der Waals surface area contributed by atoms with Crippen LogP contribution in [-0.4, -0.2) is 5.91 Å². The van der Waals surface area contributed by atoms with Gasteiger partial charge in [0.05, 0.1) is 0 Å². The van der Waals surface area contributed by atoms with E-state index < -0.39 is 0 Å². The number of amides is 1. The molecule has 2 rings (SSSR count). The highest BCUT2D eigenvalue weighted by Gasteiger charge is 1.98.